The van der Waals surface area contributed by atoms with Gasteiger partial charge in [0.15, 0.2) is 0 Å². The number of esters is 1. The van der Waals surface area contributed by atoms with Crippen LogP contribution in [0.5, 0.6) is 0 Å². The second-order valence-corrected chi connectivity index (χ2v) is 17.1. The summed E-state index contributed by atoms with van der Waals surface area (Å²) in [5.74, 6) is -0.643. The van der Waals surface area contributed by atoms with E-state index >= 15 is 0 Å². The first-order chi connectivity index (χ1) is 19.3. The summed E-state index contributed by atoms with van der Waals surface area (Å²) in [5.41, 5.74) is -2.40. The van der Waals surface area contributed by atoms with Gasteiger partial charge in [-0.1, -0.05) is 74.0 Å². The Morgan fingerprint density at radius 3 is 2.19 bits per heavy atom. The molecule has 240 valence electrons. The number of ether oxygens (including phenoxy) is 1. The predicted molar refractivity (Wildman–Crippen MR) is 161 cm³/mol. The summed E-state index contributed by atoms with van der Waals surface area (Å²) >= 11 is 0. The molecule has 0 amide bonds. The topological polar surface area (TPSA) is 127 Å². The van der Waals surface area contributed by atoms with Gasteiger partial charge >= 0.3 is 5.97 Å². The third kappa shape index (κ3) is 3.85. The van der Waals surface area contributed by atoms with Crippen molar-refractivity contribution < 1.29 is 35.1 Å². The highest BCUT2D eigenvalue weighted by atomic mass is 16.6. The van der Waals surface area contributed by atoms with Crippen LogP contribution in [0.2, 0.25) is 0 Å². The van der Waals surface area contributed by atoms with Crippen LogP contribution in [0.25, 0.3) is 0 Å². The third-order valence-corrected chi connectivity index (χ3v) is 14.7. The molecule has 5 aliphatic rings. The van der Waals surface area contributed by atoms with Crippen LogP contribution in [-0.4, -0.2) is 68.6 Å². The summed E-state index contributed by atoms with van der Waals surface area (Å²) in [7, 11) is 0. The summed E-state index contributed by atoms with van der Waals surface area (Å²) in [4.78, 5) is 13.2. The average molecular weight is 591 g/mol. The van der Waals surface area contributed by atoms with Crippen molar-refractivity contribution in [3.8, 4) is 0 Å². The van der Waals surface area contributed by atoms with Crippen LogP contribution < -0.4 is 0 Å². The van der Waals surface area contributed by atoms with Gasteiger partial charge in [0.2, 0.25) is 0 Å². The molecule has 0 aromatic heterocycles. The summed E-state index contributed by atoms with van der Waals surface area (Å²) in [6.07, 6.45) is 2.44. The van der Waals surface area contributed by atoms with Crippen molar-refractivity contribution in [1.82, 2.24) is 0 Å². The van der Waals surface area contributed by atoms with E-state index in [0.717, 1.165) is 37.7 Å². The molecule has 0 saturated heterocycles. The number of fused-ring (bicyclic) bond motifs is 7. The number of allylic oxidation sites excluding steroid dienone is 1. The van der Waals surface area contributed by atoms with E-state index in [4.69, 9.17) is 4.74 Å². The number of aliphatic hydroxyl groups excluding tert-OH is 5. The Labute approximate surface area is 253 Å². The van der Waals surface area contributed by atoms with Gasteiger partial charge in [-0.25, -0.2) is 0 Å². The summed E-state index contributed by atoms with van der Waals surface area (Å²) in [6.45, 7) is 18.3. The quantitative estimate of drug-likeness (QED) is 0.239. The van der Waals surface area contributed by atoms with Gasteiger partial charge < -0.3 is 30.3 Å². The molecule has 0 heterocycles. The number of aliphatic hydroxyl groups is 5. The molecule has 4 fully saturated rings. The lowest BCUT2D eigenvalue weighted by atomic mass is 9.32. The number of carbonyl (C=O) groups is 1. The van der Waals surface area contributed by atoms with E-state index in [1.807, 2.05) is 20.8 Å². The van der Waals surface area contributed by atoms with Gasteiger partial charge in [-0.3, -0.25) is 4.79 Å². The Bertz CT molecular complexity index is 1110. The van der Waals surface area contributed by atoms with Gasteiger partial charge in [0, 0.05) is 5.41 Å². The molecule has 5 aliphatic carbocycles. The van der Waals surface area contributed by atoms with E-state index in [2.05, 4.69) is 40.7 Å². The standard InChI is InChI=1S/C35H58O7/c1-10-19(2)29(41)42-28-27(40)30(3,4)17-21-20-11-12-23-32(7)15-14-24(37)31(5,6)22(32)13-16-33(23,8)34(20,9)25(38)26(39)35(21,28)18-36/h11,19,21-28,36-40H,10,12-18H2,1-9H3. The normalized spacial score (nSPS) is 51.6. The van der Waals surface area contributed by atoms with Crippen molar-refractivity contribution in [2.75, 3.05) is 6.61 Å². The van der Waals surface area contributed by atoms with Crippen LogP contribution in [0.3, 0.4) is 0 Å². The van der Waals surface area contributed by atoms with E-state index in [1.165, 1.54) is 0 Å². The molecule has 0 aliphatic heterocycles. The molecule has 42 heavy (non-hydrogen) atoms. The lowest BCUT2D eigenvalue weighted by molar-refractivity contribution is -0.291. The van der Waals surface area contributed by atoms with E-state index < -0.39 is 59.2 Å². The highest BCUT2D eigenvalue weighted by molar-refractivity contribution is 5.72. The van der Waals surface area contributed by atoms with Crippen LogP contribution >= 0.6 is 0 Å². The van der Waals surface area contributed by atoms with Gasteiger partial charge in [0.1, 0.15) is 6.10 Å². The molecule has 7 nitrogen and oxygen atoms in total. The first-order valence-electron chi connectivity index (χ1n) is 16.6. The Morgan fingerprint density at radius 2 is 1.60 bits per heavy atom. The molecular formula is C35H58O7. The summed E-state index contributed by atoms with van der Waals surface area (Å²) in [6, 6.07) is 0. The van der Waals surface area contributed by atoms with Gasteiger partial charge in [-0.15, -0.1) is 0 Å². The smallest absolute Gasteiger partial charge is 0.309 e. The van der Waals surface area contributed by atoms with Crippen molar-refractivity contribution in [2.45, 2.75) is 138 Å². The molecule has 13 atom stereocenters. The third-order valence-electron chi connectivity index (χ3n) is 14.7. The van der Waals surface area contributed by atoms with Gasteiger partial charge in [-0.2, -0.15) is 0 Å². The Kier molecular flexibility index (Phi) is 7.72. The monoisotopic (exact) mass is 590 g/mol. The zero-order valence-electron chi connectivity index (χ0n) is 27.5. The molecule has 4 saturated carbocycles. The van der Waals surface area contributed by atoms with Gasteiger partial charge in [0.05, 0.1) is 42.4 Å². The minimum absolute atomic E-state index is 0.0344. The Balaban J connectivity index is 1.66. The maximum absolute atomic E-state index is 13.2. The minimum Gasteiger partial charge on any atom is -0.459 e. The van der Waals surface area contributed by atoms with Crippen LogP contribution in [0, 0.1) is 56.2 Å². The van der Waals surface area contributed by atoms with Crippen molar-refractivity contribution in [1.29, 1.82) is 0 Å². The highest BCUT2D eigenvalue weighted by Gasteiger charge is 2.75. The van der Waals surface area contributed by atoms with Crippen LogP contribution in [0.15, 0.2) is 11.6 Å². The first kappa shape index (κ1) is 32.4. The van der Waals surface area contributed by atoms with Crippen molar-refractivity contribution in [3.05, 3.63) is 11.6 Å². The number of hydrogen-bond acceptors (Lipinski definition) is 7. The predicted octanol–water partition coefficient (Wildman–Crippen LogP) is 4.62. The van der Waals surface area contributed by atoms with E-state index in [-0.39, 0.29) is 34.2 Å². The molecule has 7 heteroatoms. The molecule has 0 spiro atoms. The van der Waals surface area contributed by atoms with Crippen molar-refractivity contribution >= 4 is 5.97 Å². The second-order valence-electron chi connectivity index (χ2n) is 17.1. The van der Waals surface area contributed by atoms with Crippen LogP contribution in [0.4, 0.5) is 0 Å². The molecule has 0 bridgehead atoms. The van der Waals surface area contributed by atoms with Gasteiger partial charge in [-0.05, 0) is 84.4 Å². The molecule has 5 N–H and O–H groups in total. The molecular weight excluding hydrogens is 532 g/mol. The molecule has 0 aromatic carbocycles. The summed E-state index contributed by atoms with van der Waals surface area (Å²) in [5, 5.41) is 58.4. The fourth-order valence-electron chi connectivity index (χ4n) is 11.5. The van der Waals surface area contributed by atoms with E-state index in [0.29, 0.717) is 18.8 Å². The molecule has 0 aromatic rings. The number of hydrogen-bond donors (Lipinski definition) is 5. The zero-order valence-corrected chi connectivity index (χ0v) is 27.5. The number of carbonyl (C=O) groups excluding carboxylic acids is 1. The largest absolute Gasteiger partial charge is 0.459 e. The van der Waals surface area contributed by atoms with Crippen LogP contribution in [0.1, 0.15) is 107 Å². The van der Waals surface area contributed by atoms with Crippen molar-refractivity contribution in [3.63, 3.8) is 0 Å². The maximum atomic E-state index is 13.2. The first-order valence-corrected chi connectivity index (χ1v) is 16.6. The van der Waals surface area contributed by atoms with Crippen molar-refractivity contribution in [2.24, 2.45) is 56.2 Å². The van der Waals surface area contributed by atoms with E-state index in [9.17, 15) is 30.3 Å². The SMILES string of the molecule is CCC(C)C(=O)OC1C(O)C(C)(C)CC2C3=CCC4C5(C)CCC(O)C(C)(C)C5CCC4(C)C3(C)C(O)C(O)C21CO. The average Bonchev–Trinajstić information content (AvgIpc) is 2.92. The fourth-order valence-corrected chi connectivity index (χ4v) is 11.5. The number of rotatable bonds is 4. The maximum Gasteiger partial charge on any atom is 0.309 e. The molecule has 0 radical (unpaired) electrons. The molecule has 5 rings (SSSR count). The fraction of sp³-hybridized carbons (Fsp3) is 0.914. The molecule has 13 unspecified atom stereocenters. The minimum atomic E-state index is -1.43. The Morgan fingerprint density at radius 1 is 0.952 bits per heavy atom. The van der Waals surface area contributed by atoms with Crippen LogP contribution in [-0.2, 0) is 9.53 Å². The second kappa shape index (κ2) is 10.0. The lowest BCUT2D eigenvalue weighted by Gasteiger charge is -2.73. The lowest BCUT2D eigenvalue weighted by Crippen LogP contribution is -2.76. The highest BCUT2D eigenvalue weighted by Crippen LogP contribution is 2.75. The van der Waals surface area contributed by atoms with E-state index in [1.54, 1.807) is 6.92 Å². The summed E-state index contributed by atoms with van der Waals surface area (Å²) < 4.78 is 6.07. The van der Waals surface area contributed by atoms with Gasteiger partial charge in [0.25, 0.3) is 0 Å². The Hall–Kier alpha value is -0.990. The zero-order chi connectivity index (χ0) is 31.4.